The minimum absolute atomic E-state index is 0.142. The SMILES string of the molecule is COc1ccc(NC(=O)NC(C)C(=O)NC2CCCC2)cc1. The van der Waals surface area contributed by atoms with Crippen LogP contribution in [0.3, 0.4) is 0 Å². The Morgan fingerprint density at radius 1 is 1.18 bits per heavy atom. The topological polar surface area (TPSA) is 79.5 Å². The van der Waals surface area contributed by atoms with E-state index >= 15 is 0 Å². The smallest absolute Gasteiger partial charge is 0.319 e. The number of nitrogens with one attached hydrogen (secondary N) is 3. The lowest BCUT2D eigenvalue weighted by Crippen LogP contribution is -2.48. The fourth-order valence-corrected chi connectivity index (χ4v) is 2.50. The summed E-state index contributed by atoms with van der Waals surface area (Å²) in [5.41, 5.74) is 0.640. The highest BCUT2D eigenvalue weighted by Gasteiger charge is 2.21. The molecule has 0 bridgehead atoms. The molecule has 1 atom stereocenters. The summed E-state index contributed by atoms with van der Waals surface area (Å²) in [5.74, 6) is 0.576. The molecule has 0 aromatic heterocycles. The number of carbonyl (C=O) groups is 2. The summed E-state index contributed by atoms with van der Waals surface area (Å²) in [6.07, 6.45) is 4.36. The van der Waals surface area contributed by atoms with Crippen LogP contribution in [0.25, 0.3) is 0 Å². The third kappa shape index (κ3) is 4.65. The van der Waals surface area contributed by atoms with Gasteiger partial charge in [0.2, 0.25) is 5.91 Å². The Kier molecular flexibility index (Phi) is 5.63. The minimum Gasteiger partial charge on any atom is -0.497 e. The van der Waals surface area contributed by atoms with Crippen molar-refractivity contribution in [2.24, 2.45) is 0 Å². The van der Waals surface area contributed by atoms with Crippen LogP contribution in [-0.2, 0) is 4.79 Å². The second-order valence-electron chi connectivity index (χ2n) is 5.54. The lowest BCUT2D eigenvalue weighted by atomic mass is 10.2. The summed E-state index contributed by atoms with van der Waals surface area (Å²) in [6.45, 7) is 1.68. The van der Waals surface area contributed by atoms with Gasteiger partial charge in [-0.2, -0.15) is 0 Å². The number of hydrogen-bond donors (Lipinski definition) is 3. The van der Waals surface area contributed by atoms with Crippen molar-refractivity contribution >= 4 is 17.6 Å². The zero-order valence-corrected chi connectivity index (χ0v) is 13.0. The number of methoxy groups -OCH3 is 1. The molecule has 1 fully saturated rings. The maximum atomic E-state index is 12.0. The van der Waals surface area contributed by atoms with Crippen LogP contribution in [-0.4, -0.2) is 31.1 Å². The van der Waals surface area contributed by atoms with Crippen LogP contribution in [0.4, 0.5) is 10.5 Å². The second-order valence-corrected chi connectivity index (χ2v) is 5.54. The van der Waals surface area contributed by atoms with Gasteiger partial charge in [0.05, 0.1) is 7.11 Å². The molecule has 2 rings (SSSR count). The Morgan fingerprint density at radius 3 is 2.41 bits per heavy atom. The third-order valence-electron chi connectivity index (χ3n) is 3.79. The molecule has 120 valence electrons. The average molecular weight is 305 g/mol. The Balaban J connectivity index is 1.78. The van der Waals surface area contributed by atoms with E-state index in [2.05, 4.69) is 16.0 Å². The normalized spacial score (nSPS) is 15.9. The first-order valence-corrected chi connectivity index (χ1v) is 7.60. The van der Waals surface area contributed by atoms with Crippen molar-refractivity contribution in [3.05, 3.63) is 24.3 Å². The highest BCUT2D eigenvalue weighted by Crippen LogP contribution is 2.17. The number of hydrogen-bond acceptors (Lipinski definition) is 3. The zero-order valence-electron chi connectivity index (χ0n) is 13.0. The van der Waals surface area contributed by atoms with Gasteiger partial charge < -0.3 is 20.7 Å². The van der Waals surface area contributed by atoms with Gasteiger partial charge in [-0.1, -0.05) is 12.8 Å². The van der Waals surface area contributed by atoms with Gasteiger partial charge in [0.1, 0.15) is 11.8 Å². The average Bonchev–Trinajstić information content (AvgIpc) is 3.00. The molecule has 0 saturated heterocycles. The molecule has 6 heteroatoms. The van der Waals surface area contributed by atoms with E-state index in [-0.39, 0.29) is 11.9 Å². The number of benzene rings is 1. The minimum atomic E-state index is -0.571. The first-order chi connectivity index (χ1) is 10.6. The van der Waals surface area contributed by atoms with Crippen molar-refractivity contribution < 1.29 is 14.3 Å². The molecule has 1 aliphatic carbocycles. The summed E-state index contributed by atoms with van der Waals surface area (Å²) >= 11 is 0. The summed E-state index contributed by atoms with van der Waals surface area (Å²) in [7, 11) is 1.58. The van der Waals surface area contributed by atoms with Crippen LogP contribution in [0, 0.1) is 0 Å². The van der Waals surface area contributed by atoms with Gasteiger partial charge in [-0.3, -0.25) is 4.79 Å². The van der Waals surface area contributed by atoms with Crippen LogP contribution in [0.1, 0.15) is 32.6 Å². The van der Waals surface area contributed by atoms with Gasteiger partial charge in [0, 0.05) is 11.7 Å². The van der Waals surface area contributed by atoms with E-state index in [1.165, 1.54) is 0 Å². The molecule has 3 N–H and O–H groups in total. The van der Waals surface area contributed by atoms with E-state index < -0.39 is 12.1 Å². The standard InChI is InChI=1S/C16H23N3O3/c1-11(15(20)18-12-5-3-4-6-12)17-16(21)19-13-7-9-14(22-2)10-8-13/h7-12H,3-6H2,1-2H3,(H,18,20)(H2,17,19,21). The van der Waals surface area contributed by atoms with Gasteiger partial charge in [0.25, 0.3) is 0 Å². The van der Waals surface area contributed by atoms with E-state index in [4.69, 9.17) is 4.74 Å². The molecule has 3 amide bonds. The maximum Gasteiger partial charge on any atom is 0.319 e. The van der Waals surface area contributed by atoms with Crippen molar-refractivity contribution in [2.45, 2.75) is 44.7 Å². The molecule has 0 aliphatic heterocycles. The summed E-state index contributed by atoms with van der Waals surface area (Å²) in [5, 5.41) is 8.29. The molecule has 1 aliphatic rings. The Bertz CT molecular complexity index is 510. The van der Waals surface area contributed by atoms with Crippen LogP contribution in [0.15, 0.2) is 24.3 Å². The molecule has 22 heavy (non-hydrogen) atoms. The number of ether oxygens (including phenoxy) is 1. The fourth-order valence-electron chi connectivity index (χ4n) is 2.50. The lowest BCUT2D eigenvalue weighted by Gasteiger charge is -2.18. The van der Waals surface area contributed by atoms with E-state index in [0.29, 0.717) is 5.69 Å². The highest BCUT2D eigenvalue weighted by molar-refractivity contribution is 5.93. The Hall–Kier alpha value is -2.24. The fraction of sp³-hybridized carbons (Fsp3) is 0.500. The number of amides is 3. The van der Waals surface area contributed by atoms with Crippen molar-refractivity contribution in [2.75, 3.05) is 12.4 Å². The zero-order chi connectivity index (χ0) is 15.9. The molecule has 1 saturated carbocycles. The number of urea groups is 1. The largest absolute Gasteiger partial charge is 0.497 e. The lowest BCUT2D eigenvalue weighted by molar-refractivity contribution is -0.123. The van der Waals surface area contributed by atoms with Crippen molar-refractivity contribution in [3.63, 3.8) is 0 Å². The van der Waals surface area contributed by atoms with Crippen LogP contribution in [0.5, 0.6) is 5.75 Å². The van der Waals surface area contributed by atoms with Crippen LogP contribution >= 0.6 is 0 Å². The summed E-state index contributed by atoms with van der Waals surface area (Å²) < 4.78 is 5.05. The predicted molar refractivity (Wildman–Crippen MR) is 85.0 cm³/mol. The Labute approximate surface area is 130 Å². The first-order valence-electron chi connectivity index (χ1n) is 7.60. The van der Waals surface area contributed by atoms with Crippen LogP contribution in [0.2, 0.25) is 0 Å². The summed E-state index contributed by atoms with van der Waals surface area (Å²) in [6, 6.07) is 6.26. The van der Waals surface area contributed by atoms with E-state index in [9.17, 15) is 9.59 Å². The monoisotopic (exact) mass is 305 g/mol. The van der Waals surface area contributed by atoms with Gasteiger partial charge in [-0.05, 0) is 44.0 Å². The van der Waals surface area contributed by atoms with Crippen molar-refractivity contribution in [1.82, 2.24) is 10.6 Å². The van der Waals surface area contributed by atoms with E-state index in [1.54, 1.807) is 38.3 Å². The quantitative estimate of drug-likeness (QED) is 0.780. The predicted octanol–water partition coefficient (Wildman–Crippen LogP) is 2.26. The molecule has 0 spiro atoms. The van der Waals surface area contributed by atoms with Gasteiger partial charge >= 0.3 is 6.03 Å². The molecule has 1 aromatic rings. The first kappa shape index (κ1) is 16.1. The third-order valence-corrected chi connectivity index (χ3v) is 3.79. The summed E-state index contributed by atoms with van der Waals surface area (Å²) in [4.78, 5) is 23.9. The Morgan fingerprint density at radius 2 is 1.82 bits per heavy atom. The van der Waals surface area contributed by atoms with Gasteiger partial charge in [-0.25, -0.2) is 4.79 Å². The van der Waals surface area contributed by atoms with E-state index in [0.717, 1.165) is 31.4 Å². The second kappa shape index (κ2) is 7.68. The van der Waals surface area contributed by atoms with Crippen LogP contribution < -0.4 is 20.7 Å². The molecule has 6 nitrogen and oxygen atoms in total. The molecule has 1 aromatic carbocycles. The number of anilines is 1. The number of rotatable bonds is 5. The van der Waals surface area contributed by atoms with Gasteiger partial charge in [-0.15, -0.1) is 0 Å². The van der Waals surface area contributed by atoms with Crippen molar-refractivity contribution in [3.8, 4) is 5.75 Å². The molecular formula is C16H23N3O3. The molecule has 0 heterocycles. The molecule has 1 unspecified atom stereocenters. The van der Waals surface area contributed by atoms with Gasteiger partial charge in [0.15, 0.2) is 0 Å². The van der Waals surface area contributed by atoms with E-state index in [1.807, 2.05) is 0 Å². The molecule has 0 radical (unpaired) electrons. The van der Waals surface area contributed by atoms with Crippen molar-refractivity contribution in [1.29, 1.82) is 0 Å². The molecular weight excluding hydrogens is 282 g/mol. The maximum absolute atomic E-state index is 12.0. The number of carbonyl (C=O) groups excluding carboxylic acids is 2. The highest BCUT2D eigenvalue weighted by atomic mass is 16.5.